The summed E-state index contributed by atoms with van der Waals surface area (Å²) in [6.07, 6.45) is 1.79. The van der Waals surface area contributed by atoms with Crippen LogP contribution in [0.5, 0.6) is 0 Å². The fourth-order valence-corrected chi connectivity index (χ4v) is 2.49. The Morgan fingerprint density at radius 2 is 1.86 bits per heavy atom. The molecule has 0 unspecified atom stereocenters. The summed E-state index contributed by atoms with van der Waals surface area (Å²) in [6, 6.07) is 14.3. The first kappa shape index (κ1) is 14.2. The quantitative estimate of drug-likeness (QED) is 0.718. The number of nitrogen functional groups attached to an aromatic ring is 1. The van der Waals surface area contributed by atoms with Gasteiger partial charge in [0.2, 0.25) is 0 Å². The highest BCUT2D eigenvalue weighted by atomic mass is 15.1. The molecule has 1 aromatic heterocycles. The molecule has 0 atom stereocenters. The molecule has 0 amide bonds. The van der Waals surface area contributed by atoms with E-state index in [0.29, 0.717) is 0 Å². The van der Waals surface area contributed by atoms with Gasteiger partial charge in [0.15, 0.2) is 0 Å². The molecule has 22 heavy (non-hydrogen) atoms. The number of hydrogen-bond donors (Lipinski definition) is 2. The van der Waals surface area contributed by atoms with Gasteiger partial charge in [-0.15, -0.1) is 0 Å². The predicted molar refractivity (Wildman–Crippen MR) is 94.9 cm³/mol. The fourth-order valence-electron chi connectivity index (χ4n) is 2.49. The third kappa shape index (κ3) is 2.55. The van der Waals surface area contributed by atoms with Crippen molar-refractivity contribution >= 4 is 33.7 Å². The van der Waals surface area contributed by atoms with Crippen LogP contribution >= 0.6 is 0 Å². The molecule has 0 bridgehead atoms. The van der Waals surface area contributed by atoms with Crippen LogP contribution in [0, 0.1) is 6.92 Å². The number of aromatic nitrogens is 1. The molecular weight excluding hydrogens is 272 g/mol. The van der Waals surface area contributed by atoms with Crippen molar-refractivity contribution < 1.29 is 0 Å². The summed E-state index contributed by atoms with van der Waals surface area (Å²) in [5.74, 6) is 0.820. The van der Waals surface area contributed by atoms with E-state index in [2.05, 4.69) is 33.4 Å². The third-order valence-electron chi connectivity index (χ3n) is 3.83. The van der Waals surface area contributed by atoms with Crippen LogP contribution < -0.4 is 16.0 Å². The van der Waals surface area contributed by atoms with Crippen molar-refractivity contribution in [3.63, 3.8) is 0 Å². The van der Waals surface area contributed by atoms with Crippen LogP contribution in [0.2, 0.25) is 0 Å². The van der Waals surface area contributed by atoms with E-state index < -0.39 is 0 Å². The number of rotatable bonds is 3. The first-order valence-electron chi connectivity index (χ1n) is 7.24. The van der Waals surface area contributed by atoms with E-state index in [4.69, 9.17) is 5.73 Å². The summed E-state index contributed by atoms with van der Waals surface area (Å²) in [5, 5.41) is 5.45. The second-order valence-corrected chi connectivity index (χ2v) is 5.62. The van der Waals surface area contributed by atoms with Crippen molar-refractivity contribution in [3.8, 4) is 0 Å². The third-order valence-corrected chi connectivity index (χ3v) is 3.83. The first-order chi connectivity index (χ1) is 10.6. The van der Waals surface area contributed by atoms with Crippen LogP contribution in [0.1, 0.15) is 5.56 Å². The topological polar surface area (TPSA) is 54.2 Å². The van der Waals surface area contributed by atoms with Crippen molar-refractivity contribution in [1.29, 1.82) is 0 Å². The van der Waals surface area contributed by atoms with Crippen LogP contribution in [0.3, 0.4) is 0 Å². The van der Waals surface area contributed by atoms with Crippen molar-refractivity contribution in [3.05, 3.63) is 54.2 Å². The van der Waals surface area contributed by atoms with E-state index in [1.54, 1.807) is 6.20 Å². The molecule has 0 aliphatic carbocycles. The molecule has 1 heterocycles. The van der Waals surface area contributed by atoms with E-state index >= 15 is 0 Å². The Bertz CT molecular complexity index is 824. The number of pyridine rings is 1. The SMILES string of the molecule is Cc1ccc2c(Nc3cccc(N(C)C)c3)nccc2c1N. The van der Waals surface area contributed by atoms with Gasteiger partial charge >= 0.3 is 0 Å². The van der Waals surface area contributed by atoms with Gasteiger partial charge in [-0.25, -0.2) is 4.98 Å². The van der Waals surface area contributed by atoms with Gasteiger partial charge in [0, 0.05) is 48.1 Å². The summed E-state index contributed by atoms with van der Waals surface area (Å²) in [5.41, 5.74) is 10.2. The zero-order valence-electron chi connectivity index (χ0n) is 13.1. The van der Waals surface area contributed by atoms with Crippen molar-refractivity contribution in [2.75, 3.05) is 30.0 Å². The number of anilines is 4. The van der Waals surface area contributed by atoms with Gasteiger partial charge < -0.3 is 16.0 Å². The lowest BCUT2D eigenvalue weighted by Gasteiger charge is -2.15. The number of nitrogens with zero attached hydrogens (tertiary/aromatic N) is 2. The van der Waals surface area contributed by atoms with Crippen molar-refractivity contribution in [2.24, 2.45) is 0 Å². The number of fused-ring (bicyclic) bond motifs is 1. The second kappa shape index (κ2) is 5.56. The molecular formula is C18H20N4. The van der Waals surface area contributed by atoms with E-state index in [9.17, 15) is 0 Å². The molecule has 4 nitrogen and oxygen atoms in total. The van der Waals surface area contributed by atoms with Gasteiger partial charge in [0.1, 0.15) is 5.82 Å². The maximum atomic E-state index is 6.18. The minimum Gasteiger partial charge on any atom is -0.398 e. The number of benzene rings is 2. The fraction of sp³-hybridized carbons (Fsp3) is 0.167. The molecule has 0 spiro atoms. The van der Waals surface area contributed by atoms with Crippen LogP contribution in [-0.4, -0.2) is 19.1 Å². The summed E-state index contributed by atoms with van der Waals surface area (Å²) in [4.78, 5) is 6.54. The Labute approximate surface area is 130 Å². The van der Waals surface area contributed by atoms with Crippen molar-refractivity contribution in [1.82, 2.24) is 4.98 Å². The maximum absolute atomic E-state index is 6.18. The highest BCUT2D eigenvalue weighted by Crippen LogP contribution is 2.30. The number of nitrogens with one attached hydrogen (secondary N) is 1. The van der Waals surface area contributed by atoms with Gasteiger partial charge in [-0.3, -0.25) is 0 Å². The van der Waals surface area contributed by atoms with E-state index in [0.717, 1.165) is 39.2 Å². The minimum absolute atomic E-state index is 0.810. The molecule has 3 rings (SSSR count). The Balaban J connectivity index is 2.04. The average Bonchev–Trinajstić information content (AvgIpc) is 2.52. The van der Waals surface area contributed by atoms with Gasteiger partial charge in [0.05, 0.1) is 0 Å². The standard InChI is InChI=1S/C18H20N4/c1-12-7-8-16-15(17(12)19)9-10-20-18(16)21-13-5-4-6-14(11-13)22(2)3/h4-11H,19H2,1-3H3,(H,20,21). The van der Waals surface area contributed by atoms with E-state index in [-0.39, 0.29) is 0 Å². The molecule has 112 valence electrons. The van der Waals surface area contributed by atoms with Gasteiger partial charge in [0.25, 0.3) is 0 Å². The first-order valence-corrected chi connectivity index (χ1v) is 7.24. The molecule has 4 heteroatoms. The lowest BCUT2D eigenvalue weighted by atomic mass is 10.1. The van der Waals surface area contributed by atoms with Gasteiger partial charge in [-0.05, 0) is 36.8 Å². The summed E-state index contributed by atoms with van der Waals surface area (Å²) < 4.78 is 0. The molecule has 0 saturated heterocycles. The molecule has 0 saturated carbocycles. The van der Waals surface area contributed by atoms with Crippen LogP contribution in [-0.2, 0) is 0 Å². The molecule has 3 aromatic rings. The zero-order valence-corrected chi connectivity index (χ0v) is 13.1. The molecule has 3 N–H and O–H groups in total. The summed E-state index contributed by atoms with van der Waals surface area (Å²) in [6.45, 7) is 2.02. The number of nitrogens with two attached hydrogens (primary N) is 1. The number of hydrogen-bond acceptors (Lipinski definition) is 4. The maximum Gasteiger partial charge on any atom is 0.138 e. The van der Waals surface area contributed by atoms with E-state index in [1.807, 2.05) is 45.3 Å². The van der Waals surface area contributed by atoms with Crippen LogP contribution in [0.15, 0.2) is 48.7 Å². The highest BCUT2D eigenvalue weighted by molar-refractivity contribution is 6.01. The predicted octanol–water partition coefficient (Wildman–Crippen LogP) is 3.94. The summed E-state index contributed by atoms with van der Waals surface area (Å²) >= 11 is 0. The molecule has 2 aromatic carbocycles. The smallest absolute Gasteiger partial charge is 0.138 e. The number of aryl methyl sites for hydroxylation is 1. The van der Waals surface area contributed by atoms with Gasteiger partial charge in [-0.1, -0.05) is 18.2 Å². The highest BCUT2D eigenvalue weighted by Gasteiger charge is 2.07. The van der Waals surface area contributed by atoms with Crippen LogP contribution in [0.25, 0.3) is 10.8 Å². The van der Waals surface area contributed by atoms with Crippen LogP contribution in [0.4, 0.5) is 22.9 Å². The van der Waals surface area contributed by atoms with Crippen molar-refractivity contribution in [2.45, 2.75) is 6.92 Å². The minimum atomic E-state index is 0.810. The van der Waals surface area contributed by atoms with E-state index in [1.165, 1.54) is 0 Å². The Kier molecular flexibility index (Phi) is 3.59. The summed E-state index contributed by atoms with van der Waals surface area (Å²) in [7, 11) is 4.05. The average molecular weight is 292 g/mol. The zero-order chi connectivity index (χ0) is 15.7. The second-order valence-electron chi connectivity index (χ2n) is 5.62. The molecule has 0 aliphatic heterocycles. The Morgan fingerprint density at radius 1 is 1.05 bits per heavy atom. The molecule has 0 radical (unpaired) electrons. The lowest BCUT2D eigenvalue weighted by molar-refractivity contribution is 1.13. The monoisotopic (exact) mass is 292 g/mol. The normalized spacial score (nSPS) is 10.7. The largest absolute Gasteiger partial charge is 0.398 e. The molecule has 0 aliphatic rings. The Hall–Kier alpha value is -2.75. The Morgan fingerprint density at radius 3 is 2.64 bits per heavy atom. The molecule has 0 fully saturated rings. The lowest BCUT2D eigenvalue weighted by Crippen LogP contribution is -2.08. The van der Waals surface area contributed by atoms with Gasteiger partial charge in [-0.2, -0.15) is 0 Å².